The molecule has 0 saturated carbocycles. The summed E-state index contributed by atoms with van der Waals surface area (Å²) in [5.41, 5.74) is 7.25. The van der Waals surface area contributed by atoms with E-state index in [0.717, 1.165) is 6.54 Å². The van der Waals surface area contributed by atoms with Crippen LogP contribution in [0.1, 0.15) is 13.8 Å². The summed E-state index contributed by atoms with van der Waals surface area (Å²) in [6.07, 6.45) is 0. The zero-order chi connectivity index (χ0) is 9.26. The number of anilines is 1. The molecule has 0 aromatic heterocycles. The van der Waals surface area contributed by atoms with Gasteiger partial charge in [0.1, 0.15) is 0 Å². The number of nitrogens with one attached hydrogen (secondary N) is 1. The lowest BCUT2D eigenvalue weighted by atomic mass is 10.2. The van der Waals surface area contributed by atoms with Crippen molar-refractivity contribution >= 4 is 5.69 Å². The fourth-order valence-electron chi connectivity index (χ4n) is 1.50. The van der Waals surface area contributed by atoms with Crippen molar-refractivity contribution in [3.8, 4) is 0 Å². The summed E-state index contributed by atoms with van der Waals surface area (Å²) in [4.78, 5) is 0. The van der Waals surface area contributed by atoms with Gasteiger partial charge in [-0.25, -0.2) is 5.43 Å². The predicted molar refractivity (Wildman–Crippen MR) is 55.3 cm³/mol. The van der Waals surface area contributed by atoms with Crippen LogP contribution in [-0.4, -0.2) is 6.54 Å². The molecule has 1 aromatic rings. The molecule has 2 rings (SSSR count). The number of para-hydroxylation sites is 1. The molecule has 1 aliphatic heterocycles. The molecule has 0 amide bonds. The van der Waals surface area contributed by atoms with Crippen LogP contribution in [0.15, 0.2) is 41.6 Å². The Hall–Kier alpha value is -1.28. The zero-order valence-electron chi connectivity index (χ0n) is 8.04. The molecular formula is C11H14N2. The summed E-state index contributed by atoms with van der Waals surface area (Å²) < 4.78 is 0. The van der Waals surface area contributed by atoms with Gasteiger partial charge in [-0.2, -0.15) is 0 Å². The highest BCUT2D eigenvalue weighted by molar-refractivity contribution is 5.52. The van der Waals surface area contributed by atoms with Crippen LogP contribution >= 0.6 is 0 Å². The number of hydrazine groups is 1. The van der Waals surface area contributed by atoms with E-state index in [-0.39, 0.29) is 0 Å². The molecule has 0 bridgehead atoms. The fourth-order valence-corrected chi connectivity index (χ4v) is 1.50. The van der Waals surface area contributed by atoms with Gasteiger partial charge in [0.2, 0.25) is 0 Å². The van der Waals surface area contributed by atoms with Crippen LogP contribution in [0.25, 0.3) is 0 Å². The first-order chi connectivity index (χ1) is 6.29. The minimum atomic E-state index is 0.959. The summed E-state index contributed by atoms with van der Waals surface area (Å²) in [6.45, 7) is 5.26. The highest BCUT2D eigenvalue weighted by Gasteiger charge is 2.15. The molecule has 1 heterocycles. The van der Waals surface area contributed by atoms with Gasteiger partial charge < -0.3 is 0 Å². The first kappa shape index (κ1) is 8.32. The van der Waals surface area contributed by atoms with Gasteiger partial charge in [-0.1, -0.05) is 18.2 Å². The smallest absolute Gasteiger partial charge is 0.0573 e. The van der Waals surface area contributed by atoms with Gasteiger partial charge in [-0.15, -0.1) is 0 Å². The highest BCUT2D eigenvalue weighted by Crippen LogP contribution is 2.21. The van der Waals surface area contributed by atoms with E-state index in [1.165, 1.54) is 17.0 Å². The molecule has 1 N–H and O–H groups in total. The Balaban J connectivity index is 2.30. The number of hydrogen-bond donors (Lipinski definition) is 1. The molecule has 13 heavy (non-hydrogen) atoms. The molecule has 0 saturated heterocycles. The van der Waals surface area contributed by atoms with Crippen molar-refractivity contribution in [3.63, 3.8) is 0 Å². The lowest BCUT2D eigenvalue weighted by Crippen LogP contribution is -2.30. The largest absolute Gasteiger partial charge is 0.281 e. The maximum absolute atomic E-state index is 3.33. The lowest BCUT2D eigenvalue weighted by Gasteiger charge is -2.19. The Labute approximate surface area is 78.8 Å². The third-order valence-corrected chi connectivity index (χ3v) is 2.47. The maximum Gasteiger partial charge on any atom is 0.0573 e. The van der Waals surface area contributed by atoms with Crippen molar-refractivity contribution in [2.24, 2.45) is 0 Å². The van der Waals surface area contributed by atoms with E-state index in [1.807, 2.05) is 6.07 Å². The van der Waals surface area contributed by atoms with Crippen molar-refractivity contribution in [1.82, 2.24) is 5.43 Å². The third kappa shape index (κ3) is 1.45. The lowest BCUT2D eigenvalue weighted by molar-refractivity contribution is 0.787. The summed E-state index contributed by atoms with van der Waals surface area (Å²) in [6, 6.07) is 10.4. The second-order valence-corrected chi connectivity index (χ2v) is 3.37. The molecular weight excluding hydrogens is 160 g/mol. The SMILES string of the molecule is CC1=C(C)N(c2ccccc2)NC1. The number of benzene rings is 1. The first-order valence-corrected chi connectivity index (χ1v) is 4.54. The van der Waals surface area contributed by atoms with Crippen LogP contribution in [0.5, 0.6) is 0 Å². The van der Waals surface area contributed by atoms with Crippen molar-refractivity contribution in [2.75, 3.05) is 11.6 Å². The molecule has 0 fully saturated rings. The van der Waals surface area contributed by atoms with E-state index in [9.17, 15) is 0 Å². The van der Waals surface area contributed by atoms with Crippen molar-refractivity contribution in [3.05, 3.63) is 41.6 Å². The molecule has 0 radical (unpaired) electrons. The molecule has 2 heteroatoms. The molecule has 0 atom stereocenters. The molecule has 0 aliphatic carbocycles. The van der Waals surface area contributed by atoms with Crippen LogP contribution < -0.4 is 10.4 Å². The van der Waals surface area contributed by atoms with Gasteiger partial charge in [0.15, 0.2) is 0 Å². The maximum atomic E-state index is 3.33. The monoisotopic (exact) mass is 174 g/mol. The number of hydrogen-bond acceptors (Lipinski definition) is 2. The van der Waals surface area contributed by atoms with Gasteiger partial charge in [-0.05, 0) is 31.6 Å². The Morgan fingerprint density at radius 2 is 1.85 bits per heavy atom. The average Bonchev–Trinajstić information content (AvgIpc) is 2.49. The van der Waals surface area contributed by atoms with Crippen LogP contribution in [-0.2, 0) is 0 Å². The minimum Gasteiger partial charge on any atom is -0.281 e. The quantitative estimate of drug-likeness (QED) is 0.702. The van der Waals surface area contributed by atoms with E-state index >= 15 is 0 Å². The van der Waals surface area contributed by atoms with Crippen molar-refractivity contribution in [1.29, 1.82) is 0 Å². The van der Waals surface area contributed by atoms with E-state index < -0.39 is 0 Å². The van der Waals surface area contributed by atoms with Crippen LogP contribution in [0.3, 0.4) is 0 Å². The van der Waals surface area contributed by atoms with Gasteiger partial charge in [-0.3, -0.25) is 5.01 Å². The second-order valence-electron chi connectivity index (χ2n) is 3.37. The van der Waals surface area contributed by atoms with Crippen LogP contribution in [0.4, 0.5) is 5.69 Å². The molecule has 1 aliphatic rings. The molecule has 1 aromatic carbocycles. The van der Waals surface area contributed by atoms with Crippen molar-refractivity contribution < 1.29 is 0 Å². The Bertz CT molecular complexity index is 327. The summed E-state index contributed by atoms with van der Waals surface area (Å²) >= 11 is 0. The Morgan fingerprint density at radius 3 is 2.38 bits per heavy atom. The van der Waals surface area contributed by atoms with Gasteiger partial charge in [0.05, 0.1) is 5.69 Å². The average molecular weight is 174 g/mol. The number of nitrogens with zero attached hydrogens (tertiary/aromatic N) is 1. The zero-order valence-corrected chi connectivity index (χ0v) is 8.04. The second kappa shape index (κ2) is 3.23. The van der Waals surface area contributed by atoms with Gasteiger partial charge in [0.25, 0.3) is 0 Å². The predicted octanol–water partition coefficient (Wildman–Crippen LogP) is 2.31. The molecule has 0 spiro atoms. The molecule has 68 valence electrons. The summed E-state index contributed by atoms with van der Waals surface area (Å²) in [7, 11) is 0. The van der Waals surface area contributed by atoms with Gasteiger partial charge in [0, 0.05) is 12.2 Å². The van der Waals surface area contributed by atoms with Crippen LogP contribution in [0.2, 0.25) is 0 Å². The first-order valence-electron chi connectivity index (χ1n) is 4.54. The van der Waals surface area contributed by atoms with E-state index in [4.69, 9.17) is 0 Å². The van der Waals surface area contributed by atoms with E-state index in [0.29, 0.717) is 0 Å². The Morgan fingerprint density at radius 1 is 1.15 bits per heavy atom. The summed E-state index contributed by atoms with van der Waals surface area (Å²) in [5, 5.41) is 2.13. The molecule has 0 unspecified atom stereocenters. The number of allylic oxidation sites excluding steroid dienone is 1. The third-order valence-electron chi connectivity index (χ3n) is 2.47. The van der Waals surface area contributed by atoms with Crippen LogP contribution in [0, 0.1) is 0 Å². The highest BCUT2D eigenvalue weighted by atomic mass is 15.5. The Kier molecular flexibility index (Phi) is 2.07. The fraction of sp³-hybridized carbons (Fsp3) is 0.273. The molecule has 2 nitrogen and oxygen atoms in total. The number of rotatable bonds is 1. The minimum absolute atomic E-state index is 0.959. The summed E-state index contributed by atoms with van der Waals surface area (Å²) in [5.74, 6) is 0. The topological polar surface area (TPSA) is 15.3 Å². The standard InChI is InChI=1S/C11H14N2/c1-9-8-12-13(10(9)2)11-6-4-3-5-7-11/h3-7,12H,8H2,1-2H3. The van der Waals surface area contributed by atoms with E-state index in [2.05, 4.69) is 48.5 Å². The van der Waals surface area contributed by atoms with Crippen molar-refractivity contribution in [2.45, 2.75) is 13.8 Å². The van der Waals surface area contributed by atoms with Gasteiger partial charge >= 0.3 is 0 Å². The van der Waals surface area contributed by atoms with E-state index in [1.54, 1.807) is 0 Å². The normalized spacial score (nSPS) is 16.9.